The van der Waals surface area contributed by atoms with Gasteiger partial charge in [-0.2, -0.15) is 0 Å². The van der Waals surface area contributed by atoms with Gasteiger partial charge >= 0.3 is 0 Å². The zero-order valence-electron chi connectivity index (χ0n) is 9.14. The summed E-state index contributed by atoms with van der Waals surface area (Å²) >= 11 is 0. The van der Waals surface area contributed by atoms with E-state index in [4.69, 9.17) is 0 Å². The van der Waals surface area contributed by atoms with Crippen molar-refractivity contribution in [2.45, 2.75) is 37.9 Å². The first-order valence-corrected chi connectivity index (χ1v) is 7.15. The summed E-state index contributed by atoms with van der Waals surface area (Å²) in [5, 5.41) is 7.07. The lowest BCUT2D eigenvalue weighted by Crippen LogP contribution is -2.47. The molecule has 0 bridgehead atoms. The summed E-state index contributed by atoms with van der Waals surface area (Å²) < 4.78 is 22.3. The Hall–Kier alpha value is -0.880. The van der Waals surface area contributed by atoms with Gasteiger partial charge in [0.05, 0.1) is 11.8 Å². The maximum atomic E-state index is 11.6. The molecular weight excluding hydrogens is 228 g/mol. The molecule has 0 aromatic rings. The Balaban J connectivity index is 1.81. The van der Waals surface area contributed by atoms with E-state index in [0.717, 1.165) is 12.8 Å². The number of sulfone groups is 1. The lowest BCUT2D eigenvalue weighted by atomic mass is 10.2. The lowest BCUT2D eigenvalue weighted by molar-refractivity contribution is -0.123. The van der Waals surface area contributed by atoms with Crippen LogP contribution in [-0.4, -0.2) is 38.2 Å². The summed E-state index contributed by atoms with van der Waals surface area (Å²) in [6, 6.07) is -0.270. The predicted molar refractivity (Wildman–Crippen MR) is 60.5 cm³/mol. The molecule has 0 spiro atoms. The molecule has 2 aliphatic rings. The van der Waals surface area contributed by atoms with Crippen LogP contribution in [0.4, 0.5) is 0 Å². The molecular formula is C10H16N2O3S. The predicted octanol–water partition coefficient (Wildman–Crippen LogP) is -0.446. The van der Waals surface area contributed by atoms with E-state index in [0.29, 0.717) is 6.04 Å². The third-order valence-electron chi connectivity index (χ3n) is 2.71. The fourth-order valence-corrected chi connectivity index (χ4v) is 2.88. The van der Waals surface area contributed by atoms with Crippen molar-refractivity contribution in [3.05, 3.63) is 11.5 Å². The van der Waals surface area contributed by atoms with Gasteiger partial charge in [-0.15, -0.1) is 0 Å². The number of hydrogen-bond donors (Lipinski definition) is 2. The van der Waals surface area contributed by atoms with Crippen molar-refractivity contribution < 1.29 is 13.2 Å². The fraction of sp³-hybridized carbons (Fsp3) is 0.700. The minimum Gasteiger partial charge on any atom is -0.352 e. The normalized spacial score (nSPS) is 28.9. The van der Waals surface area contributed by atoms with Crippen LogP contribution in [0.1, 0.15) is 19.8 Å². The molecule has 2 unspecified atom stereocenters. The lowest BCUT2D eigenvalue weighted by Gasteiger charge is -2.17. The van der Waals surface area contributed by atoms with Crippen molar-refractivity contribution in [3.8, 4) is 0 Å². The molecule has 1 saturated carbocycles. The van der Waals surface area contributed by atoms with Gasteiger partial charge in [0.2, 0.25) is 5.91 Å². The number of carbonyl (C=O) groups is 1. The van der Waals surface area contributed by atoms with Crippen LogP contribution in [-0.2, 0) is 14.6 Å². The summed E-state index contributed by atoms with van der Waals surface area (Å²) in [5.41, 5.74) is 0. The van der Waals surface area contributed by atoms with Gasteiger partial charge in [-0.3, -0.25) is 10.1 Å². The van der Waals surface area contributed by atoms with Gasteiger partial charge in [0.1, 0.15) is 0 Å². The second-order valence-corrected chi connectivity index (χ2v) is 6.37. The Kier molecular flexibility index (Phi) is 3.03. The SMILES string of the molecule is CC(NC1C=CS(=O)(=O)C1)C(=O)NC1CC1. The first-order chi connectivity index (χ1) is 7.46. The molecule has 90 valence electrons. The second kappa shape index (κ2) is 4.18. The van der Waals surface area contributed by atoms with Crippen molar-refractivity contribution in [1.82, 2.24) is 10.6 Å². The zero-order valence-corrected chi connectivity index (χ0v) is 9.96. The van der Waals surface area contributed by atoms with Gasteiger partial charge in [-0.1, -0.05) is 6.08 Å². The topological polar surface area (TPSA) is 75.3 Å². The largest absolute Gasteiger partial charge is 0.352 e. The van der Waals surface area contributed by atoms with Crippen molar-refractivity contribution >= 4 is 15.7 Å². The van der Waals surface area contributed by atoms with Gasteiger partial charge in [-0.25, -0.2) is 8.42 Å². The molecule has 2 rings (SSSR count). The Morgan fingerprint density at radius 2 is 2.12 bits per heavy atom. The monoisotopic (exact) mass is 244 g/mol. The van der Waals surface area contributed by atoms with Crippen LogP contribution in [0, 0.1) is 0 Å². The van der Waals surface area contributed by atoms with Crippen molar-refractivity contribution in [2.24, 2.45) is 0 Å². The molecule has 0 aromatic carbocycles. The average Bonchev–Trinajstić information content (AvgIpc) is 2.92. The van der Waals surface area contributed by atoms with E-state index >= 15 is 0 Å². The molecule has 0 aromatic heterocycles. The van der Waals surface area contributed by atoms with Gasteiger partial charge in [-0.05, 0) is 19.8 Å². The Bertz CT molecular complexity index is 412. The summed E-state index contributed by atoms with van der Waals surface area (Å²) in [7, 11) is -3.05. The Labute approximate surface area is 95.2 Å². The quantitative estimate of drug-likeness (QED) is 0.702. The molecule has 1 heterocycles. The van der Waals surface area contributed by atoms with E-state index in [2.05, 4.69) is 10.6 Å². The van der Waals surface area contributed by atoms with E-state index in [-0.39, 0.29) is 23.7 Å². The van der Waals surface area contributed by atoms with Crippen molar-refractivity contribution in [1.29, 1.82) is 0 Å². The number of amides is 1. The highest BCUT2D eigenvalue weighted by Gasteiger charge is 2.28. The molecule has 1 aliphatic carbocycles. The molecule has 1 amide bonds. The van der Waals surface area contributed by atoms with Gasteiger partial charge in [0, 0.05) is 17.5 Å². The van der Waals surface area contributed by atoms with E-state index in [9.17, 15) is 13.2 Å². The third-order valence-corrected chi connectivity index (χ3v) is 4.11. The summed E-state index contributed by atoms with van der Waals surface area (Å²) in [6.07, 6.45) is 3.70. The smallest absolute Gasteiger partial charge is 0.237 e. The summed E-state index contributed by atoms with van der Waals surface area (Å²) in [4.78, 5) is 11.6. The third kappa shape index (κ3) is 3.05. The van der Waals surface area contributed by atoms with E-state index < -0.39 is 9.84 Å². The van der Waals surface area contributed by atoms with E-state index in [1.54, 1.807) is 13.0 Å². The molecule has 0 radical (unpaired) electrons. The van der Waals surface area contributed by atoms with Crippen LogP contribution < -0.4 is 10.6 Å². The van der Waals surface area contributed by atoms with E-state index in [1.165, 1.54) is 5.41 Å². The Morgan fingerprint density at radius 3 is 2.62 bits per heavy atom. The summed E-state index contributed by atoms with van der Waals surface area (Å²) in [5.74, 6) is -0.00572. The zero-order chi connectivity index (χ0) is 11.8. The molecule has 1 fully saturated rings. The molecule has 5 nitrogen and oxygen atoms in total. The van der Waals surface area contributed by atoms with Crippen LogP contribution in [0.5, 0.6) is 0 Å². The first-order valence-electron chi connectivity index (χ1n) is 5.44. The van der Waals surface area contributed by atoms with Crippen LogP contribution in [0.3, 0.4) is 0 Å². The van der Waals surface area contributed by atoms with Crippen LogP contribution in [0.15, 0.2) is 11.5 Å². The van der Waals surface area contributed by atoms with Gasteiger partial charge in [0.15, 0.2) is 9.84 Å². The van der Waals surface area contributed by atoms with Crippen molar-refractivity contribution in [2.75, 3.05) is 5.75 Å². The molecule has 16 heavy (non-hydrogen) atoms. The van der Waals surface area contributed by atoms with E-state index in [1.807, 2.05) is 0 Å². The van der Waals surface area contributed by atoms with Crippen LogP contribution >= 0.6 is 0 Å². The molecule has 1 aliphatic heterocycles. The van der Waals surface area contributed by atoms with Crippen LogP contribution in [0.25, 0.3) is 0 Å². The maximum Gasteiger partial charge on any atom is 0.237 e. The summed E-state index contributed by atoms with van der Waals surface area (Å²) in [6.45, 7) is 1.75. The minimum absolute atomic E-state index is 0.0497. The molecule has 0 saturated heterocycles. The number of rotatable bonds is 4. The standard InChI is InChI=1S/C10H16N2O3S/c1-7(10(13)12-8-2-3-8)11-9-4-5-16(14,15)6-9/h4-5,7-9,11H,2-3,6H2,1H3,(H,12,13). The first kappa shape index (κ1) is 11.6. The number of hydrogen-bond acceptors (Lipinski definition) is 4. The maximum absolute atomic E-state index is 11.6. The highest BCUT2D eigenvalue weighted by atomic mass is 32.2. The molecule has 2 atom stereocenters. The molecule has 6 heteroatoms. The number of carbonyl (C=O) groups excluding carboxylic acids is 1. The number of nitrogens with one attached hydrogen (secondary N) is 2. The fourth-order valence-electron chi connectivity index (χ4n) is 1.63. The highest BCUT2D eigenvalue weighted by Crippen LogP contribution is 2.18. The minimum atomic E-state index is -3.05. The molecule has 2 N–H and O–H groups in total. The van der Waals surface area contributed by atoms with Crippen molar-refractivity contribution in [3.63, 3.8) is 0 Å². The highest BCUT2D eigenvalue weighted by molar-refractivity contribution is 7.94. The van der Waals surface area contributed by atoms with Gasteiger partial charge in [0.25, 0.3) is 0 Å². The average molecular weight is 244 g/mol. The second-order valence-electron chi connectivity index (χ2n) is 4.44. The van der Waals surface area contributed by atoms with Crippen LogP contribution in [0.2, 0.25) is 0 Å². The van der Waals surface area contributed by atoms with Gasteiger partial charge < -0.3 is 5.32 Å². The Morgan fingerprint density at radius 1 is 1.44 bits per heavy atom.